The third kappa shape index (κ3) is 2.70. The molecule has 0 aromatic heterocycles. The van der Waals surface area contributed by atoms with Crippen molar-refractivity contribution in [1.29, 1.82) is 0 Å². The fraction of sp³-hybridized carbons (Fsp3) is 0.300. The molecule has 0 saturated carbocycles. The van der Waals surface area contributed by atoms with Gasteiger partial charge in [0.1, 0.15) is 0 Å². The molecule has 0 N–H and O–H groups in total. The molecule has 0 aliphatic rings. The lowest BCUT2D eigenvalue weighted by Gasteiger charge is -2.07. The standard InChI is InChI=1S/C20H22/c1-2-3-4-5-8-16-11-14-20-18(15-16)13-12-17-9-6-7-10-19(17)20/h6-7,9-15H,2-5,8H2,1H3. The van der Waals surface area contributed by atoms with E-state index in [0.29, 0.717) is 0 Å². The summed E-state index contributed by atoms with van der Waals surface area (Å²) in [5.41, 5.74) is 1.48. The maximum absolute atomic E-state index is 2.37. The molecule has 3 aromatic carbocycles. The van der Waals surface area contributed by atoms with Crippen LogP contribution in [0.5, 0.6) is 0 Å². The molecule has 0 unspecified atom stereocenters. The van der Waals surface area contributed by atoms with Crippen LogP contribution in [0, 0.1) is 0 Å². The highest BCUT2D eigenvalue weighted by atomic mass is 14.1. The maximum atomic E-state index is 2.37. The lowest BCUT2D eigenvalue weighted by Crippen LogP contribution is -1.87. The zero-order valence-electron chi connectivity index (χ0n) is 12.2. The van der Waals surface area contributed by atoms with E-state index in [0.717, 1.165) is 0 Å². The van der Waals surface area contributed by atoms with Crippen LogP contribution in [-0.2, 0) is 6.42 Å². The summed E-state index contributed by atoms with van der Waals surface area (Å²) in [6.07, 6.45) is 6.55. The number of unbranched alkanes of at least 4 members (excludes halogenated alkanes) is 3. The number of hydrogen-bond donors (Lipinski definition) is 0. The minimum Gasteiger partial charge on any atom is -0.0654 e. The molecule has 3 rings (SSSR count). The highest BCUT2D eigenvalue weighted by Crippen LogP contribution is 2.26. The molecule has 0 spiro atoms. The van der Waals surface area contributed by atoms with Gasteiger partial charge in [0, 0.05) is 0 Å². The van der Waals surface area contributed by atoms with Gasteiger partial charge in [-0.1, -0.05) is 80.8 Å². The van der Waals surface area contributed by atoms with E-state index in [9.17, 15) is 0 Å². The van der Waals surface area contributed by atoms with Crippen LogP contribution in [0.3, 0.4) is 0 Å². The summed E-state index contributed by atoms with van der Waals surface area (Å²) in [5, 5.41) is 5.44. The van der Waals surface area contributed by atoms with E-state index < -0.39 is 0 Å². The molecular formula is C20H22. The molecule has 0 amide bonds. The molecule has 0 aliphatic heterocycles. The molecule has 3 aromatic rings. The van der Waals surface area contributed by atoms with Crippen LogP contribution >= 0.6 is 0 Å². The van der Waals surface area contributed by atoms with Crippen molar-refractivity contribution in [3.8, 4) is 0 Å². The zero-order chi connectivity index (χ0) is 13.8. The van der Waals surface area contributed by atoms with Crippen LogP contribution in [-0.4, -0.2) is 0 Å². The Morgan fingerprint density at radius 1 is 0.700 bits per heavy atom. The van der Waals surface area contributed by atoms with Crippen molar-refractivity contribution in [2.24, 2.45) is 0 Å². The number of benzene rings is 3. The van der Waals surface area contributed by atoms with Gasteiger partial charge in [0.2, 0.25) is 0 Å². The highest BCUT2D eigenvalue weighted by molar-refractivity contribution is 6.07. The van der Waals surface area contributed by atoms with Gasteiger partial charge in [0.15, 0.2) is 0 Å². The fourth-order valence-electron chi connectivity index (χ4n) is 2.97. The van der Waals surface area contributed by atoms with Crippen molar-refractivity contribution in [1.82, 2.24) is 0 Å². The molecule has 0 saturated heterocycles. The van der Waals surface area contributed by atoms with Crippen LogP contribution in [0.1, 0.15) is 38.2 Å². The van der Waals surface area contributed by atoms with Gasteiger partial charge < -0.3 is 0 Å². The third-order valence-corrected chi connectivity index (χ3v) is 4.13. The quantitative estimate of drug-likeness (QED) is 0.384. The lowest BCUT2D eigenvalue weighted by atomic mass is 9.98. The van der Waals surface area contributed by atoms with Gasteiger partial charge in [-0.05, 0) is 39.9 Å². The van der Waals surface area contributed by atoms with E-state index in [-0.39, 0.29) is 0 Å². The minimum absolute atomic E-state index is 1.21. The second-order valence-corrected chi connectivity index (χ2v) is 5.65. The monoisotopic (exact) mass is 262 g/mol. The van der Waals surface area contributed by atoms with Crippen LogP contribution < -0.4 is 0 Å². The maximum Gasteiger partial charge on any atom is -0.0105 e. The first-order chi connectivity index (χ1) is 9.88. The van der Waals surface area contributed by atoms with Crippen LogP contribution in [0.25, 0.3) is 21.5 Å². The molecule has 0 aliphatic carbocycles. The Bertz CT molecular complexity index is 709. The summed E-state index contributed by atoms with van der Waals surface area (Å²) in [6.45, 7) is 2.27. The fourth-order valence-corrected chi connectivity index (χ4v) is 2.97. The minimum atomic E-state index is 1.21. The predicted molar refractivity (Wildman–Crippen MR) is 89.3 cm³/mol. The normalized spacial score (nSPS) is 11.2. The van der Waals surface area contributed by atoms with E-state index in [1.807, 2.05) is 0 Å². The van der Waals surface area contributed by atoms with Crippen molar-refractivity contribution in [3.63, 3.8) is 0 Å². The van der Waals surface area contributed by atoms with E-state index in [4.69, 9.17) is 0 Å². The van der Waals surface area contributed by atoms with Crippen LogP contribution in [0.4, 0.5) is 0 Å². The summed E-state index contributed by atoms with van der Waals surface area (Å²) >= 11 is 0. The average Bonchev–Trinajstić information content (AvgIpc) is 2.51. The SMILES string of the molecule is CCCCCCc1ccc2c(ccc3ccccc32)c1. The average molecular weight is 262 g/mol. The van der Waals surface area contributed by atoms with Gasteiger partial charge >= 0.3 is 0 Å². The van der Waals surface area contributed by atoms with Crippen molar-refractivity contribution in [2.75, 3.05) is 0 Å². The molecule has 0 nitrogen and oxygen atoms in total. The molecule has 0 radical (unpaired) electrons. The second kappa shape index (κ2) is 6.09. The van der Waals surface area contributed by atoms with Gasteiger partial charge in [-0.2, -0.15) is 0 Å². The third-order valence-electron chi connectivity index (χ3n) is 4.13. The Morgan fingerprint density at radius 3 is 2.40 bits per heavy atom. The van der Waals surface area contributed by atoms with Gasteiger partial charge in [-0.3, -0.25) is 0 Å². The van der Waals surface area contributed by atoms with Gasteiger partial charge in [-0.15, -0.1) is 0 Å². The summed E-state index contributed by atoms with van der Waals surface area (Å²) in [6, 6.07) is 20.1. The van der Waals surface area contributed by atoms with E-state index in [2.05, 4.69) is 61.5 Å². The molecule has 102 valence electrons. The van der Waals surface area contributed by atoms with Gasteiger partial charge in [0.25, 0.3) is 0 Å². The highest BCUT2D eigenvalue weighted by Gasteiger charge is 2.01. The van der Waals surface area contributed by atoms with Crippen LogP contribution in [0.2, 0.25) is 0 Å². The lowest BCUT2D eigenvalue weighted by molar-refractivity contribution is 0.667. The Hall–Kier alpha value is -1.82. The van der Waals surface area contributed by atoms with Crippen molar-refractivity contribution in [2.45, 2.75) is 39.0 Å². The molecule has 0 fully saturated rings. The van der Waals surface area contributed by atoms with Gasteiger partial charge in [0.05, 0.1) is 0 Å². The zero-order valence-corrected chi connectivity index (χ0v) is 12.2. The Kier molecular flexibility index (Phi) is 4.01. The Balaban J connectivity index is 1.90. The summed E-state index contributed by atoms with van der Waals surface area (Å²) in [7, 11) is 0. The van der Waals surface area contributed by atoms with Crippen molar-refractivity contribution in [3.05, 3.63) is 60.2 Å². The first-order valence-electron chi connectivity index (χ1n) is 7.79. The Morgan fingerprint density at radius 2 is 1.50 bits per heavy atom. The first kappa shape index (κ1) is 13.2. The molecule has 20 heavy (non-hydrogen) atoms. The smallest absolute Gasteiger partial charge is 0.0105 e. The predicted octanol–water partition coefficient (Wildman–Crippen LogP) is 6.12. The number of rotatable bonds is 5. The number of hydrogen-bond acceptors (Lipinski definition) is 0. The first-order valence-corrected chi connectivity index (χ1v) is 7.79. The topological polar surface area (TPSA) is 0 Å². The van der Waals surface area contributed by atoms with Gasteiger partial charge in [-0.25, -0.2) is 0 Å². The number of fused-ring (bicyclic) bond motifs is 3. The second-order valence-electron chi connectivity index (χ2n) is 5.65. The largest absolute Gasteiger partial charge is 0.0654 e. The summed E-state index contributed by atoms with van der Waals surface area (Å²) < 4.78 is 0. The van der Waals surface area contributed by atoms with Crippen LogP contribution in [0.15, 0.2) is 54.6 Å². The molecule has 0 heterocycles. The summed E-state index contributed by atoms with van der Waals surface area (Å²) in [4.78, 5) is 0. The Labute approximate surface area is 121 Å². The van der Waals surface area contributed by atoms with Crippen molar-refractivity contribution < 1.29 is 0 Å². The molecule has 0 atom stereocenters. The summed E-state index contributed by atoms with van der Waals surface area (Å²) in [5.74, 6) is 0. The van der Waals surface area contributed by atoms with E-state index in [1.54, 1.807) is 0 Å². The van der Waals surface area contributed by atoms with E-state index in [1.165, 1.54) is 59.2 Å². The number of aryl methyl sites for hydroxylation is 1. The van der Waals surface area contributed by atoms with Crippen molar-refractivity contribution >= 4 is 21.5 Å². The molecular weight excluding hydrogens is 240 g/mol. The molecule has 0 heteroatoms. The molecule has 0 bridgehead atoms. The van der Waals surface area contributed by atoms with E-state index >= 15 is 0 Å².